The number of furan rings is 1. The van der Waals surface area contributed by atoms with Gasteiger partial charge in [-0.2, -0.15) is 26.3 Å². The van der Waals surface area contributed by atoms with Gasteiger partial charge in [-0.1, -0.05) is 11.8 Å². The Morgan fingerprint density at radius 1 is 1.07 bits per heavy atom. The van der Waals surface area contributed by atoms with Gasteiger partial charge < -0.3 is 10.2 Å². The van der Waals surface area contributed by atoms with Crippen LogP contribution >= 0.6 is 11.8 Å². The van der Waals surface area contributed by atoms with Crippen molar-refractivity contribution in [1.29, 1.82) is 0 Å². The van der Waals surface area contributed by atoms with E-state index in [1.807, 2.05) is 0 Å². The molecule has 3 rings (SSSR count). The highest BCUT2D eigenvalue weighted by atomic mass is 32.2. The zero-order valence-corrected chi connectivity index (χ0v) is 14.2. The van der Waals surface area contributed by atoms with Gasteiger partial charge in [-0.3, -0.25) is 4.98 Å². The van der Waals surface area contributed by atoms with Gasteiger partial charge in [0.25, 0.3) is 0 Å². The van der Waals surface area contributed by atoms with Crippen molar-refractivity contribution in [3.05, 3.63) is 41.5 Å². The second kappa shape index (κ2) is 6.59. The Kier molecular flexibility index (Phi) is 4.70. The third-order valence-electron chi connectivity index (χ3n) is 3.50. The number of rotatable bonds is 3. The van der Waals surface area contributed by atoms with E-state index in [4.69, 9.17) is 10.2 Å². The summed E-state index contributed by atoms with van der Waals surface area (Å²) in [4.78, 5) is 11.1. The summed E-state index contributed by atoms with van der Waals surface area (Å²) in [6, 6.07) is 1.77. The summed E-state index contributed by atoms with van der Waals surface area (Å²) in [5.41, 5.74) is 3.36. The van der Waals surface area contributed by atoms with Crippen LogP contribution in [0.1, 0.15) is 29.1 Å². The maximum absolute atomic E-state index is 13.0. The van der Waals surface area contributed by atoms with Gasteiger partial charge in [-0.25, -0.2) is 9.97 Å². The van der Waals surface area contributed by atoms with E-state index in [0.717, 1.165) is 18.0 Å². The Morgan fingerprint density at radius 3 is 2.41 bits per heavy atom. The van der Waals surface area contributed by atoms with Crippen molar-refractivity contribution in [2.24, 2.45) is 0 Å². The van der Waals surface area contributed by atoms with Crippen LogP contribution in [0, 0.1) is 0 Å². The van der Waals surface area contributed by atoms with Gasteiger partial charge >= 0.3 is 12.4 Å². The standard InChI is InChI=1S/C15H10F6N4OS/c1-6(27-13-24-11(15(19,20)21)3-12(22)25-13)9-2-7-8(14(16,17)18)5-26-10(7)4-23-9/h2-6H,1H3,(H2,22,24,25). The largest absolute Gasteiger partial charge is 0.462 e. The summed E-state index contributed by atoms with van der Waals surface area (Å²) in [5.74, 6) is -0.371. The number of nitrogen functional groups attached to an aromatic ring is 1. The quantitative estimate of drug-likeness (QED) is 0.370. The Bertz CT molecular complexity index is 985. The molecule has 0 bridgehead atoms. The summed E-state index contributed by atoms with van der Waals surface area (Å²) in [6.07, 6.45) is -7.60. The van der Waals surface area contributed by atoms with Crippen LogP contribution in [-0.4, -0.2) is 15.0 Å². The zero-order chi connectivity index (χ0) is 20.0. The molecule has 3 aromatic heterocycles. The van der Waals surface area contributed by atoms with Crippen molar-refractivity contribution in [3.8, 4) is 0 Å². The van der Waals surface area contributed by atoms with Gasteiger partial charge in [-0.05, 0) is 13.0 Å². The molecular formula is C15H10F6N4OS. The number of nitrogens with zero attached hydrogens (tertiary/aromatic N) is 3. The lowest BCUT2D eigenvalue weighted by molar-refractivity contribution is -0.141. The number of aromatic nitrogens is 3. The molecule has 3 heterocycles. The van der Waals surface area contributed by atoms with Gasteiger partial charge in [0.2, 0.25) is 0 Å². The maximum Gasteiger partial charge on any atom is 0.433 e. The molecule has 0 aliphatic carbocycles. The van der Waals surface area contributed by atoms with E-state index in [9.17, 15) is 26.3 Å². The first-order valence-electron chi connectivity index (χ1n) is 7.28. The van der Waals surface area contributed by atoms with Crippen LogP contribution in [0.3, 0.4) is 0 Å². The molecule has 1 unspecified atom stereocenters. The second-order valence-corrected chi connectivity index (χ2v) is 6.78. The molecule has 0 aliphatic heterocycles. The third-order valence-corrected chi connectivity index (χ3v) is 4.49. The molecule has 27 heavy (non-hydrogen) atoms. The maximum atomic E-state index is 13.0. The zero-order valence-electron chi connectivity index (χ0n) is 13.4. The molecular weight excluding hydrogens is 398 g/mol. The molecule has 0 aliphatic rings. The Hall–Kier alpha value is -2.50. The molecule has 5 nitrogen and oxygen atoms in total. The van der Waals surface area contributed by atoms with Crippen molar-refractivity contribution in [2.45, 2.75) is 29.7 Å². The molecule has 0 aromatic carbocycles. The minimum absolute atomic E-state index is 0.0529. The normalized spacial score (nSPS) is 13.9. The van der Waals surface area contributed by atoms with Crippen LogP contribution < -0.4 is 5.73 Å². The lowest BCUT2D eigenvalue weighted by atomic mass is 10.1. The topological polar surface area (TPSA) is 77.8 Å². The highest BCUT2D eigenvalue weighted by Crippen LogP contribution is 2.39. The van der Waals surface area contributed by atoms with Crippen LogP contribution in [0.5, 0.6) is 0 Å². The van der Waals surface area contributed by atoms with Gasteiger partial charge in [0.15, 0.2) is 16.4 Å². The molecule has 0 fully saturated rings. The minimum atomic E-state index is -4.70. The number of pyridine rings is 1. The van der Waals surface area contributed by atoms with E-state index in [1.54, 1.807) is 6.92 Å². The Labute approximate surface area is 152 Å². The summed E-state index contributed by atoms with van der Waals surface area (Å²) >= 11 is 0.789. The predicted octanol–water partition coefficient (Wildman–Crippen LogP) is 5.09. The SMILES string of the molecule is CC(Sc1nc(N)cc(C(F)(F)F)n1)c1cc2c(C(F)(F)F)coc2cn1. The van der Waals surface area contributed by atoms with Crippen molar-refractivity contribution >= 4 is 28.5 Å². The molecule has 12 heteroatoms. The predicted molar refractivity (Wildman–Crippen MR) is 84.7 cm³/mol. The van der Waals surface area contributed by atoms with Crippen LogP contribution in [-0.2, 0) is 12.4 Å². The first kappa shape index (κ1) is 19.3. The molecule has 0 saturated heterocycles. The van der Waals surface area contributed by atoms with Crippen LogP contribution in [0.4, 0.5) is 32.2 Å². The monoisotopic (exact) mass is 408 g/mol. The molecule has 0 radical (unpaired) electrons. The fourth-order valence-corrected chi connectivity index (χ4v) is 3.13. The van der Waals surface area contributed by atoms with Crippen LogP contribution in [0.2, 0.25) is 0 Å². The van der Waals surface area contributed by atoms with E-state index in [0.29, 0.717) is 12.3 Å². The van der Waals surface area contributed by atoms with Gasteiger partial charge in [0.1, 0.15) is 17.6 Å². The number of anilines is 1. The smallest absolute Gasteiger partial charge is 0.433 e. The number of fused-ring (bicyclic) bond motifs is 1. The Balaban J connectivity index is 1.93. The Morgan fingerprint density at radius 2 is 1.78 bits per heavy atom. The van der Waals surface area contributed by atoms with Crippen molar-refractivity contribution in [3.63, 3.8) is 0 Å². The molecule has 0 saturated carbocycles. The summed E-state index contributed by atoms with van der Waals surface area (Å²) < 4.78 is 82.3. The number of nitrogens with two attached hydrogens (primary N) is 1. The average molecular weight is 408 g/mol. The molecule has 1 atom stereocenters. The van der Waals surface area contributed by atoms with E-state index in [1.165, 1.54) is 6.07 Å². The number of hydrogen-bond donors (Lipinski definition) is 1. The molecule has 0 spiro atoms. The van der Waals surface area contributed by atoms with Crippen LogP contribution in [0.15, 0.2) is 34.2 Å². The number of halogens is 6. The van der Waals surface area contributed by atoms with E-state index >= 15 is 0 Å². The number of thioether (sulfide) groups is 1. The lowest BCUT2D eigenvalue weighted by Gasteiger charge is -2.12. The lowest BCUT2D eigenvalue weighted by Crippen LogP contribution is -2.11. The average Bonchev–Trinajstić information content (AvgIpc) is 2.96. The molecule has 2 N–H and O–H groups in total. The van der Waals surface area contributed by atoms with E-state index < -0.39 is 28.9 Å². The van der Waals surface area contributed by atoms with Crippen molar-refractivity contribution in [1.82, 2.24) is 15.0 Å². The summed E-state index contributed by atoms with van der Waals surface area (Å²) in [7, 11) is 0. The molecule has 3 aromatic rings. The highest BCUT2D eigenvalue weighted by Gasteiger charge is 2.35. The highest BCUT2D eigenvalue weighted by molar-refractivity contribution is 7.99. The number of alkyl halides is 6. The third kappa shape index (κ3) is 4.10. The molecule has 144 valence electrons. The van der Waals surface area contributed by atoms with Crippen molar-refractivity contribution < 1.29 is 30.8 Å². The summed E-state index contributed by atoms with van der Waals surface area (Å²) in [5, 5.41) is -1.10. The van der Waals surface area contributed by atoms with Crippen LogP contribution in [0.25, 0.3) is 11.0 Å². The van der Waals surface area contributed by atoms with E-state index in [2.05, 4.69) is 15.0 Å². The fourth-order valence-electron chi connectivity index (χ4n) is 2.25. The first-order valence-corrected chi connectivity index (χ1v) is 8.16. The van der Waals surface area contributed by atoms with Gasteiger partial charge in [-0.15, -0.1) is 0 Å². The van der Waals surface area contributed by atoms with Crippen molar-refractivity contribution in [2.75, 3.05) is 5.73 Å². The second-order valence-electron chi connectivity index (χ2n) is 5.47. The number of hydrogen-bond acceptors (Lipinski definition) is 6. The minimum Gasteiger partial charge on any atom is -0.462 e. The van der Waals surface area contributed by atoms with Gasteiger partial charge in [0.05, 0.1) is 17.1 Å². The fraction of sp³-hybridized carbons (Fsp3) is 0.267. The van der Waals surface area contributed by atoms with Gasteiger partial charge in [0, 0.05) is 11.5 Å². The first-order chi connectivity index (χ1) is 12.4. The van der Waals surface area contributed by atoms with E-state index in [-0.39, 0.29) is 27.6 Å². The summed E-state index contributed by atoms with van der Waals surface area (Å²) in [6.45, 7) is 1.55. The molecule has 0 amide bonds.